The summed E-state index contributed by atoms with van der Waals surface area (Å²) in [6.07, 6.45) is 0. The first-order valence-electron chi connectivity index (χ1n) is 11.8. The van der Waals surface area contributed by atoms with Crippen molar-refractivity contribution in [3.8, 4) is 28.2 Å². The van der Waals surface area contributed by atoms with Crippen LogP contribution in [0.3, 0.4) is 0 Å². The third-order valence-electron chi connectivity index (χ3n) is 6.36. The molecule has 2 nitrogen and oxygen atoms in total. The van der Waals surface area contributed by atoms with Crippen LogP contribution in [-0.4, -0.2) is 9.55 Å². The molecule has 33 heavy (non-hydrogen) atoms. The first-order valence-corrected chi connectivity index (χ1v) is 11.8. The van der Waals surface area contributed by atoms with Gasteiger partial charge in [0.05, 0.1) is 16.7 Å². The molecule has 1 aromatic heterocycles. The second-order valence-electron chi connectivity index (χ2n) is 9.30. The Balaban J connectivity index is 1.89. The monoisotopic (exact) mass is 430 g/mol. The Kier molecular flexibility index (Phi) is 5.60. The fraction of sp³-hybridized carbons (Fsp3) is 0.194. The van der Waals surface area contributed by atoms with Crippen molar-refractivity contribution < 1.29 is 0 Å². The minimum atomic E-state index is 0.400. The predicted octanol–water partition coefficient (Wildman–Crippen LogP) is 8.61. The SMILES string of the molecule is CC(C)c1cccc(C(C)C)c1-n1c(-c2ccccc2)nc2ccc(-c3ccccc3)cc21. The van der Waals surface area contributed by atoms with Gasteiger partial charge in [-0.2, -0.15) is 0 Å². The molecular weight excluding hydrogens is 400 g/mol. The van der Waals surface area contributed by atoms with E-state index < -0.39 is 0 Å². The highest BCUT2D eigenvalue weighted by Crippen LogP contribution is 2.38. The number of imidazole rings is 1. The van der Waals surface area contributed by atoms with Crippen molar-refractivity contribution in [1.29, 1.82) is 0 Å². The molecule has 0 saturated carbocycles. The third kappa shape index (κ3) is 3.87. The third-order valence-corrected chi connectivity index (χ3v) is 6.36. The lowest BCUT2D eigenvalue weighted by Crippen LogP contribution is -2.08. The van der Waals surface area contributed by atoms with Crippen LogP contribution in [0, 0.1) is 0 Å². The lowest BCUT2D eigenvalue weighted by atomic mass is 9.92. The molecule has 4 aromatic carbocycles. The molecule has 0 aliphatic heterocycles. The number of benzene rings is 4. The van der Waals surface area contributed by atoms with Gasteiger partial charge in [-0.3, -0.25) is 4.57 Å². The topological polar surface area (TPSA) is 17.8 Å². The van der Waals surface area contributed by atoms with Gasteiger partial charge >= 0.3 is 0 Å². The molecule has 0 aliphatic carbocycles. The summed E-state index contributed by atoms with van der Waals surface area (Å²) in [7, 11) is 0. The van der Waals surface area contributed by atoms with E-state index in [0.717, 1.165) is 22.4 Å². The van der Waals surface area contributed by atoms with E-state index in [1.165, 1.54) is 27.9 Å². The van der Waals surface area contributed by atoms with E-state index in [9.17, 15) is 0 Å². The van der Waals surface area contributed by atoms with Gasteiger partial charge in [0.15, 0.2) is 0 Å². The maximum atomic E-state index is 5.16. The van der Waals surface area contributed by atoms with Crippen LogP contribution >= 0.6 is 0 Å². The molecule has 5 rings (SSSR count). The van der Waals surface area contributed by atoms with Crippen LogP contribution in [0.15, 0.2) is 97.1 Å². The predicted molar refractivity (Wildman–Crippen MR) is 140 cm³/mol. The summed E-state index contributed by atoms with van der Waals surface area (Å²) in [5.74, 6) is 1.79. The molecule has 164 valence electrons. The maximum absolute atomic E-state index is 5.16. The van der Waals surface area contributed by atoms with E-state index in [4.69, 9.17) is 4.98 Å². The second-order valence-corrected chi connectivity index (χ2v) is 9.30. The van der Waals surface area contributed by atoms with Crippen LogP contribution in [0.4, 0.5) is 0 Å². The quantitative estimate of drug-likeness (QED) is 0.273. The number of aromatic nitrogens is 2. The molecule has 0 saturated heterocycles. The fourth-order valence-electron chi connectivity index (χ4n) is 4.66. The molecule has 2 heteroatoms. The fourth-order valence-corrected chi connectivity index (χ4v) is 4.66. The van der Waals surface area contributed by atoms with Crippen molar-refractivity contribution in [2.24, 2.45) is 0 Å². The Morgan fingerprint density at radius 1 is 0.576 bits per heavy atom. The van der Waals surface area contributed by atoms with Gasteiger partial charge in [-0.05, 0) is 46.2 Å². The zero-order valence-corrected chi connectivity index (χ0v) is 19.8. The Hall–Kier alpha value is -3.65. The van der Waals surface area contributed by atoms with E-state index in [1.807, 2.05) is 0 Å². The zero-order valence-electron chi connectivity index (χ0n) is 19.8. The largest absolute Gasteiger partial charge is 0.292 e. The van der Waals surface area contributed by atoms with Crippen molar-refractivity contribution in [1.82, 2.24) is 9.55 Å². The van der Waals surface area contributed by atoms with Gasteiger partial charge in [-0.1, -0.05) is 113 Å². The highest BCUT2D eigenvalue weighted by atomic mass is 15.1. The van der Waals surface area contributed by atoms with Gasteiger partial charge in [0.2, 0.25) is 0 Å². The molecule has 5 aromatic rings. The normalized spacial score (nSPS) is 11.6. The molecule has 1 heterocycles. The minimum absolute atomic E-state index is 0.400. The first-order chi connectivity index (χ1) is 16.0. The van der Waals surface area contributed by atoms with E-state index in [0.29, 0.717) is 11.8 Å². The number of para-hydroxylation sites is 1. The lowest BCUT2D eigenvalue weighted by molar-refractivity contribution is 0.811. The van der Waals surface area contributed by atoms with E-state index in [1.54, 1.807) is 0 Å². The van der Waals surface area contributed by atoms with Gasteiger partial charge < -0.3 is 0 Å². The van der Waals surface area contributed by atoms with Crippen LogP contribution < -0.4 is 0 Å². The standard InChI is InChI=1S/C31H30N2/c1-21(2)26-16-11-17-27(22(3)4)30(26)33-29-20-25(23-12-7-5-8-13-23)18-19-28(29)32-31(33)24-14-9-6-10-15-24/h5-22H,1-4H3. The van der Waals surface area contributed by atoms with Crippen molar-refractivity contribution in [3.63, 3.8) is 0 Å². The maximum Gasteiger partial charge on any atom is 0.145 e. The Labute approximate surface area is 196 Å². The van der Waals surface area contributed by atoms with Gasteiger partial charge in [0, 0.05) is 5.56 Å². The second kappa shape index (κ2) is 8.71. The molecule has 0 spiro atoms. The average molecular weight is 431 g/mol. The number of fused-ring (bicyclic) bond motifs is 1. The van der Waals surface area contributed by atoms with Crippen LogP contribution in [0.1, 0.15) is 50.7 Å². The molecule has 0 fully saturated rings. The minimum Gasteiger partial charge on any atom is -0.292 e. The number of hydrogen-bond acceptors (Lipinski definition) is 1. The van der Waals surface area contributed by atoms with Crippen molar-refractivity contribution in [2.75, 3.05) is 0 Å². The molecule has 0 bridgehead atoms. The van der Waals surface area contributed by atoms with Gasteiger partial charge in [0.1, 0.15) is 5.82 Å². The molecule has 0 unspecified atom stereocenters. The van der Waals surface area contributed by atoms with Crippen molar-refractivity contribution >= 4 is 11.0 Å². The number of hydrogen-bond donors (Lipinski definition) is 0. The van der Waals surface area contributed by atoms with Crippen LogP contribution in [0.2, 0.25) is 0 Å². The van der Waals surface area contributed by atoms with Gasteiger partial charge in [0.25, 0.3) is 0 Å². The summed E-state index contributed by atoms with van der Waals surface area (Å²) in [5, 5.41) is 0. The molecule has 0 radical (unpaired) electrons. The molecule has 0 atom stereocenters. The van der Waals surface area contributed by atoms with Crippen molar-refractivity contribution in [3.05, 3.63) is 108 Å². The molecular formula is C31H30N2. The summed E-state index contributed by atoms with van der Waals surface area (Å²) in [6, 6.07) is 34.5. The number of nitrogens with zero attached hydrogens (tertiary/aromatic N) is 2. The Bertz CT molecular complexity index is 1370. The molecule has 0 N–H and O–H groups in total. The van der Waals surface area contributed by atoms with Crippen LogP contribution in [0.25, 0.3) is 39.2 Å². The number of rotatable bonds is 5. The highest BCUT2D eigenvalue weighted by molar-refractivity contribution is 5.88. The Morgan fingerprint density at radius 3 is 1.73 bits per heavy atom. The Morgan fingerprint density at radius 2 is 1.15 bits per heavy atom. The van der Waals surface area contributed by atoms with E-state index >= 15 is 0 Å². The smallest absolute Gasteiger partial charge is 0.145 e. The first kappa shape index (κ1) is 21.2. The highest BCUT2D eigenvalue weighted by Gasteiger charge is 2.22. The van der Waals surface area contributed by atoms with E-state index in [-0.39, 0.29) is 0 Å². The zero-order chi connectivity index (χ0) is 22.9. The summed E-state index contributed by atoms with van der Waals surface area (Å²) in [5.41, 5.74) is 9.68. The van der Waals surface area contributed by atoms with E-state index in [2.05, 4.69) is 129 Å². The lowest BCUT2D eigenvalue weighted by Gasteiger charge is -2.22. The van der Waals surface area contributed by atoms with Crippen molar-refractivity contribution in [2.45, 2.75) is 39.5 Å². The van der Waals surface area contributed by atoms with Crippen LogP contribution in [-0.2, 0) is 0 Å². The molecule has 0 aliphatic rings. The van der Waals surface area contributed by atoms with Gasteiger partial charge in [-0.25, -0.2) is 4.98 Å². The molecule has 0 amide bonds. The van der Waals surface area contributed by atoms with Gasteiger partial charge in [-0.15, -0.1) is 0 Å². The van der Waals surface area contributed by atoms with Crippen LogP contribution in [0.5, 0.6) is 0 Å². The summed E-state index contributed by atoms with van der Waals surface area (Å²) in [4.78, 5) is 5.16. The summed E-state index contributed by atoms with van der Waals surface area (Å²) < 4.78 is 2.40. The summed E-state index contributed by atoms with van der Waals surface area (Å²) >= 11 is 0. The summed E-state index contributed by atoms with van der Waals surface area (Å²) in [6.45, 7) is 9.11. The average Bonchev–Trinajstić information content (AvgIpc) is 3.23.